The van der Waals surface area contributed by atoms with Crippen molar-refractivity contribution in [2.24, 2.45) is 0 Å². The number of halogens is 1. The predicted molar refractivity (Wildman–Crippen MR) is 90.4 cm³/mol. The Balaban J connectivity index is 1.99. The summed E-state index contributed by atoms with van der Waals surface area (Å²) < 4.78 is 5.17. The van der Waals surface area contributed by atoms with Crippen LogP contribution in [0, 0.1) is 6.92 Å². The van der Waals surface area contributed by atoms with E-state index in [2.05, 4.69) is 10.6 Å². The Kier molecular flexibility index (Phi) is 5.44. The van der Waals surface area contributed by atoms with E-state index in [4.69, 9.17) is 16.3 Å². The molecule has 0 spiro atoms. The van der Waals surface area contributed by atoms with E-state index in [1.807, 2.05) is 37.3 Å². The van der Waals surface area contributed by atoms with Crippen molar-refractivity contribution in [1.82, 2.24) is 5.32 Å². The standard InChI is InChI=1S/C17H17ClN2O2/c1-12-5-3-4-6-13(12)9-10-19-17(21)20-15-11-14(18)7-8-16(15)22-2/h3-11H,1-2H3,(H2,19,20,21)/b10-9+. The molecule has 0 fully saturated rings. The van der Waals surface area contributed by atoms with Gasteiger partial charge in [-0.25, -0.2) is 4.79 Å². The fraction of sp³-hybridized carbons (Fsp3) is 0.118. The highest BCUT2D eigenvalue weighted by Gasteiger charge is 2.06. The van der Waals surface area contributed by atoms with Gasteiger partial charge in [0.25, 0.3) is 0 Å². The van der Waals surface area contributed by atoms with Gasteiger partial charge in [-0.1, -0.05) is 35.9 Å². The van der Waals surface area contributed by atoms with Crippen molar-refractivity contribution in [3.63, 3.8) is 0 Å². The number of hydrogen-bond acceptors (Lipinski definition) is 2. The van der Waals surface area contributed by atoms with Gasteiger partial charge in [-0.3, -0.25) is 0 Å². The molecule has 0 aliphatic heterocycles. The molecule has 0 atom stereocenters. The maximum Gasteiger partial charge on any atom is 0.323 e. The molecule has 0 bridgehead atoms. The Morgan fingerprint density at radius 2 is 2.00 bits per heavy atom. The SMILES string of the molecule is COc1ccc(Cl)cc1NC(=O)N/C=C/c1ccccc1C. The van der Waals surface area contributed by atoms with Crippen molar-refractivity contribution in [3.05, 3.63) is 64.8 Å². The Morgan fingerprint density at radius 1 is 1.23 bits per heavy atom. The normalized spacial score (nSPS) is 10.5. The topological polar surface area (TPSA) is 50.4 Å². The van der Waals surface area contributed by atoms with Gasteiger partial charge < -0.3 is 15.4 Å². The van der Waals surface area contributed by atoms with Crippen LogP contribution < -0.4 is 15.4 Å². The average molecular weight is 317 g/mol. The molecule has 0 aromatic heterocycles. The van der Waals surface area contributed by atoms with E-state index >= 15 is 0 Å². The van der Waals surface area contributed by atoms with Crippen molar-refractivity contribution in [2.75, 3.05) is 12.4 Å². The van der Waals surface area contributed by atoms with Gasteiger partial charge in [0, 0.05) is 11.2 Å². The number of urea groups is 1. The number of methoxy groups -OCH3 is 1. The van der Waals surface area contributed by atoms with Crippen molar-refractivity contribution in [1.29, 1.82) is 0 Å². The largest absolute Gasteiger partial charge is 0.495 e. The molecule has 2 aromatic rings. The maximum absolute atomic E-state index is 11.9. The van der Waals surface area contributed by atoms with E-state index in [0.717, 1.165) is 11.1 Å². The summed E-state index contributed by atoms with van der Waals surface area (Å²) in [6.07, 6.45) is 3.43. The van der Waals surface area contributed by atoms with E-state index in [-0.39, 0.29) is 6.03 Å². The number of hydrogen-bond donors (Lipinski definition) is 2. The van der Waals surface area contributed by atoms with Gasteiger partial charge in [0.1, 0.15) is 5.75 Å². The predicted octanol–water partition coefficient (Wildman–Crippen LogP) is 4.45. The lowest BCUT2D eigenvalue weighted by Crippen LogP contribution is -2.24. The van der Waals surface area contributed by atoms with Gasteiger partial charge in [0.2, 0.25) is 0 Å². The molecule has 2 N–H and O–H groups in total. The second kappa shape index (κ2) is 7.52. The summed E-state index contributed by atoms with van der Waals surface area (Å²) in [5.41, 5.74) is 2.69. The molecule has 0 heterocycles. The summed E-state index contributed by atoms with van der Waals surface area (Å²) in [5, 5.41) is 5.86. The van der Waals surface area contributed by atoms with Crippen LogP contribution in [0.25, 0.3) is 6.08 Å². The lowest BCUT2D eigenvalue weighted by molar-refractivity contribution is 0.255. The van der Waals surface area contributed by atoms with E-state index in [9.17, 15) is 4.79 Å². The van der Waals surface area contributed by atoms with Crippen molar-refractivity contribution >= 4 is 29.4 Å². The highest BCUT2D eigenvalue weighted by molar-refractivity contribution is 6.31. The molecule has 22 heavy (non-hydrogen) atoms. The number of amides is 2. The van der Waals surface area contributed by atoms with Crippen molar-refractivity contribution in [2.45, 2.75) is 6.92 Å². The maximum atomic E-state index is 11.9. The minimum atomic E-state index is -0.370. The summed E-state index contributed by atoms with van der Waals surface area (Å²) >= 11 is 5.92. The van der Waals surface area contributed by atoms with Crippen LogP contribution in [0.4, 0.5) is 10.5 Å². The fourth-order valence-electron chi connectivity index (χ4n) is 1.92. The van der Waals surface area contributed by atoms with Crippen LogP contribution in [0.2, 0.25) is 5.02 Å². The van der Waals surface area contributed by atoms with Crippen molar-refractivity contribution in [3.8, 4) is 5.75 Å². The highest BCUT2D eigenvalue weighted by atomic mass is 35.5. The van der Waals surface area contributed by atoms with E-state index < -0.39 is 0 Å². The Morgan fingerprint density at radius 3 is 2.73 bits per heavy atom. The van der Waals surface area contributed by atoms with Crippen LogP contribution in [0.15, 0.2) is 48.7 Å². The molecular formula is C17H17ClN2O2. The minimum Gasteiger partial charge on any atom is -0.495 e. The third-order valence-electron chi connectivity index (χ3n) is 3.08. The number of aryl methyl sites for hydroxylation is 1. The van der Waals surface area contributed by atoms with Crippen molar-refractivity contribution < 1.29 is 9.53 Å². The number of carbonyl (C=O) groups is 1. The Bertz CT molecular complexity index is 699. The first-order chi connectivity index (χ1) is 10.6. The van der Waals surface area contributed by atoms with Crippen LogP contribution in [0.1, 0.15) is 11.1 Å². The fourth-order valence-corrected chi connectivity index (χ4v) is 2.09. The van der Waals surface area contributed by atoms with Crippen LogP contribution >= 0.6 is 11.6 Å². The monoisotopic (exact) mass is 316 g/mol. The number of carbonyl (C=O) groups excluding carboxylic acids is 1. The molecule has 0 saturated heterocycles. The minimum absolute atomic E-state index is 0.370. The molecule has 114 valence electrons. The van der Waals surface area contributed by atoms with E-state index in [0.29, 0.717) is 16.5 Å². The zero-order valence-corrected chi connectivity index (χ0v) is 13.1. The first-order valence-corrected chi connectivity index (χ1v) is 7.11. The van der Waals surface area contributed by atoms with Gasteiger partial charge in [-0.05, 0) is 42.3 Å². The Hall–Kier alpha value is -2.46. The van der Waals surface area contributed by atoms with E-state index in [1.54, 1.807) is 24.4 Å². The number of benzene rings is 2. The van der Waals surface area contributed by atoms with Gasteiger partial charge in [0.05, 0.1) is 12.8 Å². The third kappa shape index (κ3) is 4.27. The number of ether oxygens (including phenoxy) is 1. The molecule has 2 aromatic carbocycles. The van der Waals surface area contributed by atoms with E-state index in [1.165, 1.54) is 7.11 Å². The second-order valence-corrected chi connectivity index (χ2v) is 5.07. The number of nitrogens with one attached hydrogen (secondary N) is 2. The zero-order valence-electron chi connectivity index (χ0n) is 12.4. The first kappa shape index (κ1) is 15.9. The second-order valence-electron chi connectivity index (χ2n) is 4.63. The number of rotatable bonds is 4. The quantitative estimate of drug-likeness (QED) is 0.875. The van der Waals surface area contributed by atoms with Crippen LogP contribution in [-0.4, -0.2) is 13.1 Å². The van der Waals surface area contributed by atoms with Gasteiger partial charge in [0.15, 0.2) is 0 Å². The summed E-state index contributed by atoms with van der Waals surface area (Å²) in [4.78, 5) is 11.9. The summed E-state index contributed by atoms with van der Waals surface area (Å²) in [6.45, 7) is 2.01. The molecule has 0 radical (unpaired) electrons. The molecule has 2 rings (SSSR count). The molecule has 0 aliphatic rings. The molecule has 0 saturated carbocycles. The number of anilines is 1. The lowest BCUT2D eigenvalue weighted by Gasteiger charge is -2.10. The third-order valence-corrected chi connectivity index (χ3v) is 3.31. The van der Waals surface area contributed by atoms with Crippen LogP contribution in [0.3, 0.4) is 0 Å². The molecule has 5 heteroatoms. The summed E-state index contributed by atoms with van der Waals surface area (Å²) in [6, 6.07) is 12.6. The van der Waals surface area contributed by atoms with Gasteiger partial charge in [-0.15, -0.1) is 0 Å². The highest BCUT2D eigenvalue weighted by Crippen LogP contribution is 2.27. The lowest BCUT2D eigenvalue weighted by atomic mass is 10.1. The molecule has 4 nitrogen and oxygen atoms in total. The smallest absolute Gasteiger partial charge is 0.323 e. The molecule has 0 unspecified atom stereocenters. The zero-order chi connectivity index (χ0) is 15.9. The molecular weight excluding hydrogens is 300 g/mol. The summed E-state index contributed by atoms with van der Waals surface area (Å²) in [5.74, 6) is 0.544. The molecule has 0 aliphatic carbocycles. The first-order valence-electron chi connectivity index (χ1n) is 6.73. The average Bonchev–Trinajstić information content (AvgIpc) is 2.49. The summed E-state index contributed by atoms with van der Waals surface area (Å²) in [7, 11) is 1.53. The van der Waals surface area contributed by atoms with Gasteiger partial charge >= 0.3 is 6.03 Å². The molecule has 2 amide bonds. The van der Waals surface area contributed by atoms with Crippen LogP contribution in [0.5, 0.6) is 5.75 Å². The van der Waals surface area contributed by atoms with Crippen LogP contribution in [-0.2, 0) is 0 Å². The Labute approximate surface area is 134 Å². The van der Waals surface area contributed by atoms with Gasteiger partial charge in [-0.2, -0.15) is 0 Å².